The molecule has 0 spiro atoms. The second kappa shape index (κ2) is 6.41. The van der Waals surface area contributed by atoms with Crippen molar-refractivity contribution >= 4 is 5.91 Å². The topological polar surface area (TPSA) is 67.2 Å². The van der Waals surface area contributed by atoms with E-state index in [1.54, 1.807) is 11.7 Å². The second-order valence-corrected chi connectivity index (χ2v) is 7.61. The molecule has 22 heavy (non-hydrogen) atoms. The van der Waals surface area contributed by atoms with E-state index in [1.165, 1.54) is 12.8 Å². The molecule has 0 atom stereocenters. The average Bonchev–Trinajstić information content (AvgIpc) is 2.69. The first-order chi connectivity index (χ1) is 10.2. The van der Waals surface area contributed by atoms with Crippen LogP contribution in [-0.2, 0) is 12.5 Å². The number of aryl methyl sites for hydroxylation is 1. The number of aromatic nitrogens is 2. The van der Waals surface area contributed by atoms with E-state index in [1.807, 2.05) is 6.07 Å². The van der Waals surface area contributed by atoms with Crippen molar-refractivity contribution in [2.75, 3.05) is 6.54 Å². The Kier molecular flexibility index (Phi) is 4.95. The lowest BCUT2D eigenvalue weighted by Crippen LogP contribution is -2.43. The maximum atomic E-state index is 12.4. The highest BCUT2D eigenvalue weighted by Gasteiger charge is 2.29. The van der Waals surface area contributed by atoms with Crippen LogP contribution < -0.4 is 5.32 Å². The lowest BCUT2D eigenvalue weighted by atomic mass is 9.92. The molecule has 0 aliphatic heterocycles. The Morgan fingerprint density at radius 3 is 2.41 bits per heavy atom. The molecule has 1 amide bonds. The first-order valence-electron chi connectivity index (χ1n) is 8.26. The summed E-state index contributed by atoms with van der Waals surface area (Å²) in [5.41, 5.74) is 0.600. The van der Waals surface area contributed by atoms with Crippen molar-refractivity contribution in [3.05, 3.63) is 17.5 Å². The zero-order chi connectivity index (χ0) is 16.4. The number of aliphatic hydroxyl groups is 1. The Hall–Kier alpha value is -1.36. The summed E-state index contributed by atoms with van der Waals surface area (Å²) in [5, 5.41) is 17.9. The summed E-state index contributed by atoms with van der Waals surface area (Å²) < 4.78 is 1.62. The minimum Gasteiger partial charge on any atom is -0.388 e. The van der Waals surface area contributed by atoms with Gasteiger partial charge in [0.1, 0.15) is 5.69 Å². The summed E-state index contributed by atoms with van der Waals surface area (Å²) in [4.78, 5) is 12.4. The lowest BCUT2D eigenvalue weighted by Gasteiger charge is -2.26. The lowest BCUT2D eigenvalue weighted by molar-refractivity contribution is 0.0245. The normalized spacial score (nSPS) is 18.8. The molecule has 0 radical (unpaired) electrons. The molecule has 0 saturated heterocycles. The third kappa shape index (κ3) is 4.09. The Bertz CT molecular complexity index is 520. The van der Waals surface area contributed by atoms with Gasteiger partial charge in [-0.15, -0.1) is 0 Å². The van der Waals surface area contributed by atoms with Crippen LogP contribution in [0, 0.1) is 0 Å². The van der Waals surface area contributed by atoms with E-state index in [9.17, 15) is 9.90 Å². The van der Waals surface area contributed by atoms with Gasteiger partial charge in [-0.1, -0.05) is 46.5 Å². The molecule has 1 aromatic rings. The molecular formula is C17H29N3O2. The van der Waals surface area contributed by atoms with Gasteiger partial charge in [-0.25, -0.2) is 0 Å². The molecule has 1 aromatic heterocycles. The van der Waals surface area contributed by atoms with Crippen LogP contribution in [0.25, 0.3) is 0 Å². The molecule has 5 heteroatoms. The van der Waals surface area contributed by atoms with Gasteiger partial charge in [0.15, 0.2) is 0 Å². The molecule has 2 rings (SSSR count). The zero-order valence-corrected chi connectivity index (χ0v) is 14.3. The molecule has 1 fully saturated rings. The second-order valence-electron chi connectivity index (χ2n) is 7.61. The van der Waals surface area contributed by atoms with Gasteiger partial charge in [0.05, 0.1) is 11.3 Å². The molecule has 1 aliphatic carbocycles. The molecule has 0 unspecified atom stereocenters. The van der Waals surface area contributed by atoms with Gasteiger partial charge >= 0.3 is 0 Å². The monoisotopic (exact) mass is 307 g/mol. The Balaban J connectivity index is 2.02. The summed E-state index contributed by atoms with van der Waals surface area (Å²) in [6, 6.07) is 1.84. The molecule has 0 aromatic carbocycles. The van der Waals surface area contributed by atoms with Crippen molar-refractivity contribution in [3.63, 3.8) is 0 Å². The van der Waals surface area contributed by atoms with Gasteiger partial charge in [-0.3, -0.25) is 9.48 Å². The van der Waals surface area contributed by atoms with Crippen molar-refractivity contribution in [1.82, 2.24) is 15.1 Å². The maximum absolute atomic E-state index is 12.4. The number of carbonyl (C=O) groups excluding carboxylic acids is 1. The smallest absolute Gasteiger partial charge is 0.269 e. The maximum Gasteiger partial charge on any atom is 0.269 e. The van der Waals surface area contributed by atoms with Crippen LogP contribution in [0.15, 0.2) is 6.07 Å². The molecule has 124 valence electrons. The van der Waals surface area contributed by atoms with E-state index >= 15 is 0 Å². The minimum atomic E-state index is -0.752. The van der Waals surface area contributed by atoms with Crippen molar-refractivity contribution in [2.45, 2.75) is 70.3 Å². The zero-order valence-electron chi connectivity index (χ0n) is 14.3. The van der Waals surface area contributed by atoms with E-state index in [4.69, 9.17) is 0 Å². The van der Waals surface area contributed by atoms with E-state index < -0.39 is 5.60 Å². The summed E-state index contributed by atoms with van der Waals surface area (Å²) >= 11 is 0. The average molecular weight is 307 g/mol. The van der Waals surface area contributed by atoms with E-state index in [2.05, 4.69) is 31.2 Å². The molecule has 1 saturated carbocycles. The SMILES string of the molecule is Cn1nc(C(C)(C)C)cc1C(=O)NCC1(O)CCCCCC1. The number of carbonyl (C=O) groups is 1. The fraction of sp³-hybridized carbons (Fsp3) is 0.765. The summed E-state index contributed by atoms with van der Waals surface area (Å²) in [5.74, 6) is -0.164. The molecule has 1 aliphatic rings. The van der Waals surface area contributed by atoms with Crippen LogP contribution >= 0.6 is 0 Å². The highest BCUT2D eigenvalue weighted by Crippen LogP contribution is 2.26. The number of hydrogen-bond acceptors (Lipinski definition) is 3. The first-order valence-corrected chi connectivity index (χ1v) is 8.26. The van der Waals surface area contributed by atoms with E-state index in [0.29, 0.717) is 12.2 Å². The van der Waals surface area contributed by atoms with Crippen molar-refractivity contribution in [3.8, 4) is 0 Å². The van der Waals surface area contributed by atoms with Gasteiger partial charge in [0, 0.05) is 19.0 Å². The number of rotatable bonds is 3. The molecular weight excluding hydrogens is 278 g/mol. The predicted octanol–water partition coefficient (Wildman–Crippen LogP) is 2.53. The van der Waals surface area contributed by atoms with Gasteiger partial charge in [0.25, 0.3) is 5.91 Å². The number of nitrogens with zero attached hydrogens (tertiary/aromatic N) is 2. The third-order valence-electron chi connectivity index (χ3n) is 4.49. The summed E-state index contributed by atoms with van der Waals surface area (Å²) in [6.45, 7) is 6.55. The number of nitrogens with one attached hydrogen (secondary N) is 1. The Morgan fingerprint density at radius 1 is 1.32 bits per heavy atom. The Morgan fingerprint density at radius 2 is 1.91 bits per heavy atom. The van der Waals surface area contributed by atoms with Crippen LogP contribution in [0.3, 0.4) is 0 Å². The van der Waals surface area contributed by atoms with Crippen molar-refractivity contribution in [1.29, 1.82) is 0 Å². The summed E-state index contributed by atoms with van der Waals surface area (Å²) in [6.07, 6.45) is 5.95. The molecule has 2 N–H and O–H groups in total. The van der Waals surface area contributed by atoms with Gasteiger partial charge in [0.2, 0.25) is 0 Å². The molecule has 1 heterocycles. The van der Waals surface area contributed by atoms with Crippen LogP contribution in [0.1, 0.15) is 75.5 Å². The predicted molar refractivity (Wildman–Crippen MR) is 86.9 cm³/mol. The quantitative estimate of drug-likeness (QED) is 0.843. The largest absolute Gasteiger partial charge is 0.388 e. The van der Waals surface area contributed by atoms with Crippen LogP contribution in [-0.4, -0.2) is 32.9 Å². The van der Waals surface area contributed by atoms with Crippen LogP contribution in [0.4, 0.5) is 0 Å². The standard InChI is InChI=1S/C17H29N3O2/c1-16(2,3)14-11-13(20(4)19-14)15(21)18-12-17(22)9-7-5-6-8-10-17/h11,22H,5-10,12H2,1-4H3,(H,18,21). The van der Waals surface area contributed by atoms with E-state index in [-0.39, 0.29) is 11.3 Å². The number of hydrogen-bond donors (Lipinski definition) is 2. The first kappa shape index (κ1) is 17.0. The van der Waals surface area contributed by atoms with Crippen LogP contribution in [0.2, 0.25) is 0 Å². The van der Waals surface area contributed by atoms with Crippen molar-refractivity contribution in [2.24, 2.45) is 7.05 Å². The van der Waals surface area contributed by atoms with Crippen LogP contribution in [0.5, 0.6) is 0 Å². The van der Waals surface area contributed by atoms with Gasteiger partial charge < -0.3 is 10.4 Å². The third-order valence-corrected chi connectivity index (χ3v) is 4.49. The number of amides is 1. The molecule has 0 bridgehead atoms. The fourth-order valence-electron chi connectivity index (χ4n) is 2.95. The summed E-state index contributed by atoms with van der Waals surface area (Å²) in [7, 11) is 1.78. The van der Waals surface area contributed by atoms with Gasteiger partial charge in [-0.05, 0) is 18.9 Å². The van der Waals surface area contributed by atoms with E-state index in [0.717, 1.165) is 31.4 Å². The molecule has 5 nitrogen and oxygen atoms in total. The van der Waals surface area contributed by atoms with Crippen molar-refractivity contribution < 1.29 is 9.90 Å². The fourth-order valence-corrected chi connectivity index (χ4v) is 2.95. The highest BCUT2D eigenvalue weighted by atomic mass is 16.3. The van der Waals surface area contributed by atoms with Gasteiger partial charge in [-0.2, -0.15) is 5.10 Å². The highest BCUT2D eigenvalue weighted by molar-refractivity contribution is 5.92. The minimum absolute atomic E-state index is 0.0875. The Labute approximate surface area is 133 Å².